The fourth-order valence-electron chi connectivity index (χ4n) is 1.87. The van der Waals surface area contributed by atoms with Gasteiger partial charge in [0.15, 0.2) is 0 Å². The molecule has 2 aromatic rings. The molecule has 0 fully saturated rings. The SMILES string of the molecule is CC(C)Oc1ccc(C(O)CSc2cccc(Br)c2)cc1. The van der Waals surface area contributed by atoms with Crippen molar-refractivity contribution in [3.05, 3.63) is 58.6 Å². The van der Waals surface area contributed by atoms with Gasteiger partial charge in [-0.3, -0.25) is 0 Å². The maximum absolute atomic E-state index is 10.3. The summed E-state index contributed by atoms with van der Waals surface area (Å²) in [5.41, 5.74) is 0.911. The van der Waals surface area contributed by atoms with Crippen molar-refractivity contribution in [2.24, 2.45) is 0 Å². The first-order valence-corrected chi connectivity index (χ1v) is 8.65. The van der Waals surface area contributed by atoms with E-state index in [1.807, 2.05) is 56.3 Å². The van der Waals surface area contributed by atoms with Crippen LogP contribution in [0.1, 0.15) is 25.5 Å². The Morgan fingerprint density at radius 1 is 1.14 bits per heavy atom. The van der Waals surface area contributed by atoms with E-state index in [-0.39, 0.29) is 6.10 Å². The van der Waals surface area contributed by atoms with Crippen molar-refractivity contribution >= 4 is 27.7 Å². The molecule has 0 aliphatic rings. The van der Waals surface area contributed by atoms with Gasteiger partial charge in [0.1, 0.15) is 5.75 Å². The van der Waals surface area contributed by atoms with Crippen LogP contribution in [0.4, 0.5) is 0 Å². The maximum Gasteiger partial charge on any atom is 0.119 e. The average molecular weight is 367 g/mol. The molecule has 1 unspecified atom stereocenters. The van der Waals surface area contributed by atoms with Crippen LogP contribution in [-0.4, -0.2) is 17.0 Å². The van der Waals surface area contributed by atoms with Gasteiger partial charge >= 0.3 is 0 Å². The molecule has 0 aliphatic carbocycles. The van der Waals surface area contributed by atoms with Gasteiger partial charge in [0.05, 0.1) is 12.2 Å². The number of benzene rings is 2. The van der Waals surface area contributed by atoms with E-state index in [0.29, 0.717) is 5.75 Å². The van der Waals surface area contributed by atoms with Gasteiger partial charge in [-0.2, -0.15) is 0 Å². The van der Waals surface area contributed by atoms with E-state index in [9.17, 15) is 5.11 Å². The molecular formula is C17H19BrO2S. The topological polar surface area (TPSA) is 29.5 Å². The van der Waals surface area contributed by atoms with Crippen LogP contribution in [0.5, 0.6) is 5.75 Å². The summed E-state index contributed by atoms with van der Waals surface area (Å²) in [5, 5.41) is 10.3. The second-order valence-electron chi connectivity index (χ2n) is 5.02. The monoisotopic (exact) mass is 366 g/mol. The Bertz CT molecular complexity index is 569. The average Bonchev–Trinajstić information content (AvgIpc) is 2.45. The van der Waals surface area contributed by atoms with Crippen LogP contribution in [-0.2, 0) is 0 Å². The third-order valence-electron chi connectivity index (χ3n) is 2.84. The molecule has 1 atom stereocenters. The molecule has 21 heavy (non-hydrogen) atoms. The zero-order chi connectivity index (χ0) is 15.2. The molecule has 0 amide bonds. The lowest BCUT2D eigenvalue weighted by atomic mass is 10.1. The minimum absolute atomic E-state index is 0.160. The first kappa shape index (κ1) is 16.4. The molecule has 2 nitrogen and oxygen atoms in total. The number of aliphatic hydroxyl groups excluding tert-OH is 1. The van der Waals surface area contributed by atoms with Crippen LogP contribution in [0, 0.1) is 0 Å². The number of hydrogen-bond acceptors (Lipinski definition) is 3. The zero-order valence-corrected chi connectivity index (χ0v) is 14.5. The first-order chi connectivity index (χ1) is 10.0. The van der Waals surface area contributed by atoms with Crippen molar-refractivity contribution in [1.29, 1.82) is 0 Å². The van der Waals surface area contributed by atoms with Crippen molar-refractivity contribution in [1.82, 2.24) is 0 Å². The largest absolute Gasteiger partial charge is 0.491 e. The zero-order valence-electron chi connectivity index (χ0n) is 12.1. The summed E-state index contributed by atoms with van der Waals surface area (Å²) < 4.78 is 6.65. The van der Waals surface area contributed by atoms with Crippen LogP contribution in [0.15, 0.2) is 57.9 Å². The lowest BCUT2D eigenvalue weighted by Gasteiger charge is -2.13. The Hall–Kier alpha value is -0.970. The number of rotatable bonds is 6. The van der Waals surface area contributed by atoms with Crippen molar-refractivity contribution < 1.29 is 9.84 Å². The highest BCUT2D eigenvalue weighted by Crippen LogP contribution is 2.27. The van der Waals surface area contributed by atoms with E-state index in [0.717, 1.165) is 20.7 Å². The van der Waals surface area contributed by atoms with Crippen molar-refractivity contribution in [2.45, 2.75) is 31.0 Å². The molecular weight excluding hydrogens is 348 g/mol. The van der Waals surface area contributed by atoms with E-state index in [1.54, 1.807) is 11.8 Å². The Labute approximate surface area is 138 Å². The Morgan fingerprint density at radius 2 is 1.86 bits per heavy atom. The van der Waals surface area contributed by atoms with Crippen LogP contribution in [0.2, 0.25) is 0 Å². The van der Waals surface area contributed by atoms with E-state index in [2.05, 4.69) is 22.0 Å². The standard InChI is InChI=1S/C17H19BrO2S/c1-12(2)20-15-8-6-13(7-9-15)17(19)11-21-16-5-3-4-14(18)10-16/h3-10,12,17,19H,11H2,1-2H3. The number of aliphatic hydroxyl groups is 1. The van der Waals surface area contributed by atoms with E-state index in [4.69, 9.17) is 4.74 Å². The molecule has 112 valence electrons. The summed E-state index contributed by atoms with van der Waals surface area (Å²) in [4.78, 5) is 1.14. The molecule has 0 spiro atoms. The molecule has 0 aromatic heterocycles. The van der Waals surface area contributed by atoms with Crippen LogP contribution in [0.25, 0.3) is 0 Å². The van der Waals surface area contributed by atoms with Crippen molar-refractivity contribution in [3.63, 3.8) is 0 Å². The normalized spacial score (nSPS) is 12.4. The summed E-state index contributed by atoms with van der Waals surface area (Å²) in [7, 11) is 0. The highest BCUT2D eigenvalue weighted by atomic mass is 79.9. The summed E-state index contributed by atoms with van der Waals surface area (Å²) in [6.07, 6.45) is -0.324. The van der Waals surface area contributed by atoms with Gasteiger partial charge < -0.3 is 9.84 Å². The fraction of sp³-hybridized carbons (Fsp3) is 0.294. The van der Waals surface area contributed by atoms with Crippen LogP contribution >= 0.6 is 27.7 Å². The van der Waals surface area contributed by atoms with Gasteiger partial charge in [0.25, 0.3) is 0 Å². The Kier molecular flexibility index (Phi) is 6.15. The van der Waals surface area contributed by atoms with E-state index < -0.39 is 6.10 Å². The number of halogens is 1. The van der Waals surface area contributed by atoms with Crippen molar-refractivity contribution in [2.75, 3.05) is 5.75 Å². The molecule has 2 rings (SSSR count). The highest BCUT2D eigenvalue weighted by Gasteiger charge is 2.09. The third kappa shape index (κ3) is 5.38. The van der Waals surface area contributed by atoms with E-state index in [1.165, 1.54) is 0 Å². The molecule has 0 radical (unpaired) electrons. The number of ether oxygens (including phenoxy) is 1. The summed E-state index contributed by atoms with van der Waals surface area (Å²) in [6, 6.07) is 15.7. The highest BCUT2D eigenvalue weighted by molar-refractivity contribution is 9.10. The summed E-state index contributed by atoms with van der Waals surface area (Å²) in [5.74, 6) is 1.46. The fourth-order valence-corrected chi connectivity index (χ4v) is 3.35. The van der Waals surface area contributed by atoms with Crippen LogP contribution < -0.4 is 4.74 Å². The first-order valence-electron chi connectivity index (χ1n) is 6.87. The minimum Gasteiger partial charge on any atom is -0.491 e. The lowest BCUT2D eigenvalue weighted by molar-refractivity contribution is 0.203. The van der Waals surface area contributed by atoms with Gasteiger partial charge in [-0.05, 0) is 49.7 Å². The van der Waals surface area contributed by atoms with Gasteiger partial charge in [0, 0.05) is 15.1 Å². The Balaban J connectivity index is 1.92. The second-order valence-corrected chi connectivity index (χ2v) is 7.03. The predicted octanol–water partition coefficient (Wildman–Crippen LogP) is 5.06. The quantitative estimate of drug-likeness (QED) is 0.724. The third-order valence-corrected chi connectivity index (χ3v) is 4.40. The molecule has 0 bridgehead atoms. The molecule has 0 aliphatic heterocycles. The van der Waals surface area contributed by atoms with Crippen molar-refractivity contribution in [3.8, 4) is 5.75 Å². The van der Waals surface area contributed by atoms with Gasteiger partial charge in [-0.25, -0.2) is 0 Å². The van der Waals surface area contributed by atoms with Crippen LogP contribution in [0.3, 0.4) is 0 Å². The number of hydrogen-bond donors (Lipinski definition) is 1. The molecule has 2 aromatic carbocycles. The van der Waals surface area contributed by atoms with Gasteiger partial charge in [0.2, 0.25) is 0 Å². The van der Waals surface area contributed by atoms with E-state index >= 15 is 0 Å². The Morgan fingerprint density at radius 3 is 2.48 bits per heavy atom. The van der Waals surface area contributed by atoms with Gasteiger partial charge in [-0.1, -0.05) is 34.1 Å². The second kappa shape index (κ2) is 7.87. The minimum atomic E-state index is -0.484. The molecule has 4 heteroatoms. The predicted molar refractivity (Wildman–Crippen MR) is 92.0 cm³/mol. The lowest BCUT2D eigenvalue weighted by Crippen LogP contribution is -2.06. The molecule has 1 N–H and O–H groups in total. The smallest absolute Gasteiger partial charge is 0.119 e. The molecule has 0 heterocycles. The summed E-state index contributed by atoms with van der Waals surface area (Å²) >= 11 is 5.09. The maximum atomic E-state index is 10.3. The molecule has 0 saturated carbocycles. The van der Waals surface area contributed by atoms with Gasteiger partial charge in [-0.15, -0.1) is 11.8 Å². The summed E-state index contributed by atoms with van der Waals surface area (Å²) in [6.45, 7) is 3.99. The number of thioether (sulfide) groups is 1. The molecule has 0 saturated heterocycles.